The lowest BCUT2D eigenvalue weighted by molar-refractivity contribution is -0.138. The number of hydrogen-bond acceptors (Lipinski definition) is 2. The van der Waals surface area contributed by atoms with Gasteiger partial charge in [-0.2, -0.15) is 0 Å². The van der Waals surface area contributed by atoms with E-state index in [1.807, 2.05) is 20.8 Å². The number of rotatable bonds is 5. The van der Waals surface area contributed by atoms with Gasteiger partial charge in [0.15, 0.2) is 0 Å². The van der Waals surface area contributed by atoms with Crippen molar-refractivity contribution in [3.63, 3.8) is 0 Å². The van der Waals surface area contributed by atoms with Crippen LogP contribution in [-0.2, 0) is 4.79 Å². The second kappa shape index (κ2) is 5.14. The molecule has 0 bridgehead atoms. The van der Waals surface area contributed by atoms with Crippen LogP contribution in [0.4, 0.5) is 0 Å². The molecule has 2 unspecified atom stereocenters. The molecule has 0 aromatic rings. The molecule has 0 aliphatic rings. The van der Waals surface area contributed by atoms with Gasteiger partial charge in [0, 0.05) is 6.42 Å². The number of aliphatic hydroxyl groups is 1. The molecule has 0 aliphatic heterocycles. The molecule has 72 valence electrons. The van der Waals surface area contributed by atoms with Gasteiger partial charge in [-0.15, -0.1) is 0 Å². The maximum absolute atomic E-state index is 10.3. The van der Waals surface area contributed by atoms with Crippen molar-refractivity contribution in [1.29, 1.82) is 0 Å². The van der Waals surface area contributed by atoms with Crippen molar-refractivity contribution in [3.8, 4) is 0 Å². The van der Waals surface area contributed by atoms with Crippen LogP contribution in [0.15, 0.2) is 0 Å². The summed E-state index contributed by atoms with van der Waals surface area (Å²) in [6.07, 6.45) is 0.340. The molecule has 0 fully saturated rings. The van der Waals surface area contributed by atoms with Crippen LogP contribution in [0, 0.1) is 11.8 Å². The number of carbonyl (C=O) groups is 1. The maximum Gasteiger partial charge on any atom is 0.303 e. The Balaban J connectivity index is 3.68. The molecule has 0 saturated heterocycles. The summed E-state index contributed by atoms with van der Waals surface area (Å²) in [7, 11) is 0. The summed E-state index contributed by atoms with van der Waals surface area (Å²) in [6.45, 7) is 5.70. The van der Waals surface area contributed by atoms with Crippen molar-refractivity contribution in [3.05, 3.63) is 0 Å². The third-order valence-corrected chi connectivity index (χ3v) is 1.94. The highest BCUT2D eigenvalue weighted by Crippen LogP contribution is 2.15. The van der Waals surface area contributed by atoms with E-state index in [0.717, 1.165) is 0 Å². The van der Waals surface area contributed by atoms with Gasteiger partial charge < -0.3 is 10.2 Å². The van der Waals surface area contributed by atoms with Crippen molar-refractivity contribution >= 4 is 5.97 Å². The second-order valence-corrected chi connectivity index (χ2v) is 3.75. The Bertz CT molecular complexity index is 143. The van der Waals surface area contributed by atoms with Crippen LogP contribution in [0.25, 0.3) is 0 Å². The zero-order valence-electron chi connectivity index (χ0n) is 7.95. The maximum atomic E-state index is 10.3. The molecule has 3 nitrogen and oxygen atoms in total. The van der Waals surface area contributed by atoms with Crippen molar-refractivity contribution in [2.75, 3.05) is 0 Å². The molecule has 0 spiro atoms. The Morgan fingerprint density at radius 3 is 2.17 bits per heavy atom. The van der Waals surface area contributed by atoms with E-state index in [2.05, 4.69) is 0 Å². The van der Waals surface area contributed by atoms with Crippen LogP contribution in [0.2, 0.25) is 0 Å². The fraction of sp³-hybridized carbons (Fsp3) is 0.889. The summed E-state index contributed by atoms with van der Waals surface area (Å²) in [5.41, 5.74) is 0. The first-order valence-electron chi connectivity index (χ1n) is 4.33. The average molecular weight is 174 g/mol. The quantitative estimate of drug-likeness (QED) is 0.664. The topological polar surface area (TPSA) is 57.5 Å². The highest BCUT2D eigenvalue weighted by Gasteiger charge is 2.15. The molecule has 12 heavy (non-hydrogen) atoms. The van der Waals surface area contributed by atoms with Crippen molar-refractivity contribution < 1.29 is 15.0 Å². The average Bonchev–Trinajstić information content (AvgIpc) is 1.84. The van der Waals surface area contributed by atoms with Crippen molar-refractivity contribution in [2.45, 2.75) is 39.7 Å². The van der Waals surface area contributed by atoms with Crippen LogP contribution < -0.4 is 0 Å². The molecule has 0 aliphatic carbocycles. The molecule has 0 rings (SSSR count). The van der Waals surface area contributed by atoms with Gasteiger partial charge in [0.1, 0.15) is 0 Å². The molecular weight excluding hydrogens is 156 g/mol. The molecule has 2 atom stereocenters. The normalized spacial score (nSPS) is 16.1. The van der Waals surface area contributed by atoms with E-state index in [9.17, 15) is 9.90 Å². The predicted molar refractivity (Wildman–Crippen MR) is 46.9 cm³/mol. The lowest BCUT2D eigenvalue weighted by Gasteiger charge is -2.17. The highest BCUT2D eigenvalue weighted by atomic mass is 16.4. The molecule has 3 heteroatoms. The summed E-state index contributed by atoms with van der Waals surface area (Å²) in [5.74, 6) is -0.528. The molecule has 0 heterocycles. The minimum absolute atomic E-state index is 0.0555. The minimum atomic E-state index is -0.793. The summed E-state index contributed by atoms with van der Waals surface area (Å²) in [5, 5.41) is 17.9. The van der Waals surface area contributed by atoms with Gasteiger partial charge >= 0.3 is 5.97 Å². The van der Waals surface area contributed by atoms with Crippen LogP contribution in [0.3, 0.4) is 0 Å². The summed E-state index contributed by atoms with van der Waals surface area (Å²) in [4.78, 5) is 10.3. The van der Waals surface area contributed by atoms with Gasteiger partial charge in [-0.05, 0) is 18.3 Å². The standard InChI is InChI=1S/C9H18O3/c1-6(2)8(10)4-7(3)5-9(11)12/h6-8,10H,4-5H2,1-3H3,(H,11,12). The van der Waals surface area contributed by atoms with Crippen LogP contribution in [-0.4, -0.2) is 22.3 Å². The van der Waals surface area contributed by atoms with E-state index in [1.54, 1.807) is 0 Å². The third-order valence-electron chi connectivity index (χ3n) is 1.94. The lowest BCUT2D eigenvalue weighted by Crippen LogP contribution is -2.19. The molecule has 0 aromatic carbocycles. The van der Waals surface area contributed by atoms with Gasteiger partial charge in [0.2, 0.25) is 0 Å². The Kier molecular flexibility index (Phi) is 4.90. The van der Waals surface area contributed by atoms with Gasteiger partial charge in [-0.25, -0.2) is 0 Å². The summed E-state index contributed by atoms with van der Waals surface area (Å²) < 4.78 is 0. The fourth-order valence-corrected chi connectivity index (χ4v) is 1.07. The monoisotopic (exact) mass is 174 g/mol. The molecule has 0 saturated carbocycles. The smallest absolute Gasteiger partial charge is 0.303 e. The Morgan fingerprint density at radius 1 is 1.33 bits per heavy atom. The highest BCUT2D eigenvalue weighted by molar-refractivity contribution is 5.66. The van der Waals surface area contributed by atoms with Gasteiger partial charge in [-0.1, -0.05) is 20.8 Å². The molecule has 2 N–H and O–H groups in total. The fourth-order valence-electron chi connectivity index (χ4n) is 1.07. The van der Waals surface area contributed by atoms with Crippen molar-refractivity contribution in [1.82, 2.24) is 0 Å². The van der Waals surface area contributed by atoms with Gasteiger partial charge in [0.05, 0.1) is 6.10 Å². The van der Waals surface area contributed by atoms with E-state index in [-0.39, 0.29) is 24.4 Å². The Morgan fingerprint density at radius 2 is 1.83 bits per heavy atom. The van der Waals surface area contributed by atoms with E-state index < -0.39 is 5.97 Å². The first-order chi connectivity index (χ1) is 5.43. The largest absolute Gasteiger partial charge is 0.481 e. The van der Waals surface area contributed by atoms with Crippen LogP contribution in [0.5, 0.6) is 0 Å². The second-order valence-electron chi connectivity index (χ2n) is 3.75. The Labute approximate surface area is 73.4 Å². The van der Waals surface area contributed by atoms with E-state index in [0.29, 0.717) is 6.42 Å². The number of aliphatic hydroxyl groups excluding tert-OH is 1. The first-order valence-corrected chi connectivity index (χ1v) is 4.33. The first kappa shape index (κ1) is 11.4. The number of carboxylic acids is 1. The summed E-state index contributed by atoms with van der Waals surface area (Å²) >= 11 is 0. The van der Waals surface area contributed by atoms with Crippen molar-refractivity contribution in [2.24, 2.45) is 11.8 Å². The number of hydrogen-bond donors (Lipinski definition) is 2. The number of carboxylic acid groups (broad SMARTS) is 1. The minimum Gasteiger partial charge on any atom is -0.481 e. The van der Waals surface area contributed by atoms with E-state index in [1.165, 1.54) is 0 Å². The lowest BCUT2D eigenvalue weighted by atomic mass is 9.94. The van der Waals surface area contributed by atoms with E-state index in [4.69, 9.17) is 5.11 Å². The predicted octanol–water partition coefficient (Wildman–Crippen LogP) is 1.50. The zero-order chi connectivity index (χ0) is 9.72. The summed E-state index contributed by atoms with van der Waals surface area (Å²) in [6, 6.07) is 0. The zero-order valence-corrected chi connectivity index (χ0v) is 7.95. The van der Waals surface area contributed by atoms with Gasteiger partial charge in [0.25, 0.3) is 0 Å². The van der Waals surface area contributed by atoms with Gasteiger partial charge in [-0.3, -0.25) is 4.79 Å². The van der Waals surface area contributed by atoms with Crippen LogP contribution >= 0.6 is 0 Å². The number of aliphatic carboxylic acids is 1. The molecule has 0 radical (unpaired) electrons. The van der Waals surface area contributed by atoms with E-state index >= 15 is 0 Å². The van der Waals surface area contributed by atoms with Crippen LogP contribution in [0.1, 0.15) is 33.6 Å². The molecule has 0 amide bonds. The Hall–Kier alpha value is -0.570. The third kappa shape index (κ3) is 5.13. The molecular formula is C9H18O3. The SMILES string of the molecule is CC(CC(=O)O)CC(O)C(C)C. The molecule has 0 aromatic heterocycles.